The molecule has 2 aromatic heterocycles. The van der Waals surface area contributed by atoms with Crippen molar-refractivity contribution in [3.63, 3.8) is 0 Å². The highest BCUT2D eigenvalue weighted by Crippen LogP contribution is 2.18. The Morgan fingerprint density at radius 3 is 2.95 bits per heavy atom. The third kappa shape index (κ3) is 3.78. The Hall–Kier alpha value is -2.41. The van der Waals surface area contributed by atoms with Crippen LogP contribution in [-0.2, 0) is 11.3 Å². The second-order valence-corrected chi connectivity index (χ2v) is 4.65. The summed E-state index contributed by atoms with van der Waals surface area (Å²) in [6.07, 6.45) is 3.98. The number of carbonyl (C=O) groups excluding carboxylic acids is 1. The minimum Gasteiger partial charge on any atom is -0.478 e. The zero-order chi connectivity index (χ0) is 13.7. The van der Waals surface area contributed by atoms with Crippen LogP contribution in [-0.4, -0.2) is 22.1 Å². The summed E-state index contributed by atoms with van der Waals surface area (Å²) >= 11 is 1.21. The maximum atomic E-state index is 11.8. The van der Waals surface area contributed by atoms with Gasteiger partial charge in [-0.3, -0.25) is 4.79 Å². The monoisotopic (exact) mass is 278 g/mol. The minimum atomic E-state index is -1.02. The topological polar surface area (TPSA) is 92.4 Å². The van der Waals surface area contributed by atoms with E-state index in [-0.39, 0.29) is 12.5 Å². The Balaban J connectivity index is 1.94. The Morgan fingerprint density at radius 2 is 2.26 bits per heavy atom. The van der Waals surface area contributed by atoms with Crippen molar-refractivity contribution in [2.24, 2.45) is 0 Å². The molecule has 0 fully saturated rings. The van der Waals surface area contributed by atoms with Gasteiger partial charge in [-0.1, -0.05) is 5.16 Å². The fourth-order valence-corrected chi connectivity index (χ4v) is 2.13. The van der Waals surface area contributed by atoms with E-state index in [0.29, 0.717) is 15.5 Å². The number of carboxylic acids is 1. The van der Waals surface area contributed by atoms with Crippen LogP contribution in [0.25, 0.3) is 6.08 Å². The number of aliphatic carboxylic acids is 1. The molecule has 2 aromatic rings. The molecule has 0 unspecified atom stereocenters. The Morgan fingerprint density at radius 1 is 1.42 bits per heavy atom. The lowest BCUT2D eigenvalue weighted by molar-refractivity contribution is -0.131. The maximum absolute atomic E-state index is 11.8. The number of aromatic nitrogens is 1. The van der Waals surface area contributed by atoms with Crippen molar-refractivity contribution >= 4 is 29.3 Å². The highest BCUT2D eigenvalue weighted by molar-refractivity contribution is 7.14. The number of carboxylic acid groups (broad SMARTS) is 1. The lowest BCUT2D eigenvalue weighted by Crippen LogP contribution is -2.21. The van der Waals surface area contributed by atoms with Crippen molar-refractivity contribution in [1.29, 1.82) is 0 Å². The van der Waals surface area contributed by atoms with E-state index in [0.717, 1.165) is 6.08 Å². The highest BCUT2D eigenvalue weighted by Gasteiger charge is 2.09. The number of hydrogen-bond donors (Lipinski definition) is 2. The van der Waals surface area contributed by atoms with E-state index in [4.69, 9.17) is 9.63 Å². The van der Waals surface area contributed by atoms with Gasteiger partial charge in [0.15, 0.2) is 5.76 Å². The van der Waals surface area contributed by atoms with Gasteiger partial charge >= 0.3 is 5.97 Å². The number of rotatable bonds is 5. The zero-order valence-electron chi connectivity index (χ0n) is 9.70. The molecule has 1 amide bonds. The molecule has 0 saturated heterocycles. The Labute approximate surface area is 112 Å². The molecule has 6 nitrogen and oxygen atoms in total. The van der Waals surface area contributed by atoms with E-state index in [1.807, 2.05) is 0 Å². The minimum absolute atomic E-state index is 0.239. The first-order valence-corrected chi connectivity index (χ1v) is 6.15. The molecule has 98 valence electrons. The van der Waals surface area contributed by atoms with Crippen LogP contribution in [0, 0.1) is 0 Å². The molecule has 0 saturated carbocycles. The van der Waals surface area contributed by atoms with Gasteiger partial charge in [0, 0.05) is 17.0 Å². The van der Waals surface area contributed by atoms with Crippen LogP contribution in [0.4, 0.5) is 0 Å². The second-order valence-electron chi connectivity index (χ2n) is 3.54. The Bertz CT molecular complexity index is 601. The molecule has 7 heteroatoms. The molecule has 0 spiro atoms. The molecule has 0 radical (unpaired) electrons. The van der Waals surface area contributed by atoms with Crippen LogP contribution < -0.4 is 5.32 Å². The van der Waals surface area contributed by atoms with Crippen LogP contribution in [0.5, 0.6) is 0 Å². The first kappa shape index (κ1) is 13.0. The van der Waals surface area contributed by atoms with Crippen molar-refractivity contribution in [2.45, 2.75) is 6.54 Å². The van der Waals surface area contributed by atoms with Crippen LogP contribution in [0.15, 0.2) is 35.0 Å². The first-order valence-electron chi connectivity index (χ1n) is 5.34. The van der Waals surface area contributed by atoms with Gasteiger partial charge in [-0.2, -0.15) is 0 Å². The molecule has 0 aliphatic heterocycles. The number of nitrogens with zero attached hydrogens (tertiary/aromatic N) is 1. The van der Waals surface area contributed by atoms with Crippen LogP contribution in [0.2, 0.25) is 0 Å². The van der Waals surface area contributed by atoms with E-state index in [1.165, 1.54) is 23.6 Å². The summed E-state index contributed by atoms with van der Waals surface area (Å²) in [5, 5.41) is 14.7. The summed E-state index contributed by atoms with van der Waals surface area (Å²) in [7, 11) is 0. The summed E-state index contributed by atoms with van der Waals surface area (Å²) in [5.41, 5.74) is 0. The third-order valence-electron chi connectivity index (χ3n) is 2.16. The molecular formula is C12H10N2O4S. The average Bonchev–Trinajstić information content (AvgIpc) is 3.04. The van der Waals surface area contributed by atoms with Gasteiger partial charge in [-0.25, -0.2) is 4.79 Å². The van der Waals surface area contributed by atoms with Gasteiger partial charge in [0.2, 0.25) is 0 Å². The predicted octanol–water partition coefficient (Wildman–Crippen LogP) is 1.76. The van der Waals surface area contributed by atoms with Gasteiger partial charge in [-0.05, 0) is 18.2 Å². The van der Waals surface area contributed by atoms with Crippen LogP contribution in [0.1, 0.15) is 20.3 Å². The summed E-state index contributed by atoms with van der Waals surface area (Å²) in [4.78, 5) is 23.4. The summed E-state index contributed by atoms with van der Waals surface area (Å²) in [6.45, 7) is 0.261. The van der Waals surface area contributed by atoms with Gasteiger partial charge < -0.3 is 14.9 Å². The smallest absolute Gasteiger partial charge is 0.328 e. The van der Waals surface area contributed by atoms with Gasteiger partial charge in [0.25, 0.3) is 5.91 Å². The van der Waals surface area contributed by atoms with Crippen molar-refractivity contribution in [1.82, 2.24) is 10.5 Å². The molecule has 2 rings (SSSR count). The molecule has 0 aliphatic carbocycles. The Kier molecular flexibility index (Phi) is 4.09. The predicted molar refractivity (Wildman–Crippen MR) is 68.7 cm³/mol. The van der Waals surface area contributed by atoms with E-state index in [9.17, 15) is 9.59 Å². The van der Waals surface area contributed by atoms with Gasteiger partial charge in [0.05, 0.1) is 17.6 Å². The summed E-state index contributed by atoms with van der Waals surface area (Å²) in [6, 6.07) is 4.99. The number of carbonyl (C=O) groups is 2. The number of thiophene rings is 1. The number of amides is 1. The molecule has 0 aliphatic rings. The van der Waals surface area contributed by atoms with E-state index >= 15 is 0 Å². The fraction of sp³-hybridized carbons (Fsp3) is 0.0833. The van der Waals surface area contributed by atoms with Crippen molar-refractivity contribution in [3.8, 4) is 0 Å². The molecule has 0 bridgehead atoms. The largest absolute Gasteiger partial charge is 0.478 e. The summed E-state index contributed by atoms with van der Waals surface area (Å²) < 4.78 is 4.85. The van der Waals surface area contributed by atoms with E-state index < -0.39 is 5.97 Å². The maximum Gasteiger partial charge on any atom is 0.328 e. The molecule has 2 N–H and O–H groups in total. The molecule has 0 atom stereocenters. The van der Waals surface area contributed by atoms with Crippen LogP contribution in [0.3, 0.4) is 0 Å². The normalized spacial score (nSPS) is 10.7. The van der Waals surface area contributed by atoms with Crippen molar-refractivity contribution in [2.75, 3.05) is 0 Å². The summed E-state index contributed by atoms with van der Waals surface area (Å²) in [5.74, 6) is -0.697. The van der Waals surface area contributed by atoms with Crippen molar-refractivity contribution < 1.29 is 19.2 Å². The van der Waals surface area contributed by atoms with E-state index in [1.54, 1.807) is 18.2 Å². The average molecular weight is 278 g/mol. The molecule has 0 aromatic carbocycles. The SMILES string of the molecule is O=C(O)/C=C/c1ccc(C(=O)NCc2ccno2)s1. The second kappa shape index (κ2) is 5.96. The number of nitrogens with one attached hydrogen (secondary N) is 1. The number of hydrogen-bond acceptors (Lipinski definition) is 5. The van der Waals surface area contributed by atoms with E-state index in [2.05, 4.69) is 10.5 Å². The molecule has 19 heavy (non-hydrogen) atoms. The third-order valence-corrected chi connectivity index (χ3v) is 3.20. The van der Waals surface area contributed by atoms with Crippen LogP contribution >= 0.6 is 11.3 Å². The van der Waals surface area contributed by atoms with Crippen molar-refractivity contribution in [3.05, 3.63) is 46.0 Å². The zero-order valence-corrected chi connectivity index (χ0v) is 10.5. The molecular weight excluding hydrogens is 268 g/mol. The highest BCUT2D eigenvalue weighted by atomic mass is 32.1. The van der Waals surface area contributed by atoms with Gasteiger partial charge in [0.1, 0.15) is 0 Å². The first-order chi connectivity index (χ1) is 9.15. The molecule has 2 heterocycles. The quantitative estimate of drug-likeness (QED) is 0.813. The standard InChI is InChI=1S/C12H10N2O4S/c15-11(16)4-2-9-1-3-10(19-9)12(17)13-7-8-5-6-14-18-8/h1-6H,7H2,(H,13,17)(H,15,16)/b4-2+. The fourth-order valence-electron chi connectivity index (χ4n) is 1.31. The lowest BCUT2D eigenvalue weighted by atomic mass is 10.3. The van der Waals surface area contributed by atoms with Gasteiger partial charge in [-0.15, -0.1) is 11.3 Å². The lowest BCUT2D eigenvalue weighted by Gasteiger charge is -1.99.